The summed E-state index contributed by atoms with van der Waals surface area (Å²) in [5.41, 5.74) is 6.70. The molecular weight excluding hydrogens is 212 g/mol. The lowest BCUT2D eigenvalue weighted by Crippen LogP contribution is -2.45. The van der Waals surface area contributed by atoms with Gasteiger partial charge in [0.25, 0.3) is 0 Å². The van der Waals surface area contributed by atoms with Crippen LogP contribution >= 0.6 is 12.4 Å². The van der Waals surface area contributed by atoms with Crippen LogP contribution in [0.4, 0.5) is 5.69 Å². The lowest BCUT2D eigenvalue weighted by molar-refractivity contribution is -0.120. The molecule has 0 saturated heterocycles. The van der Waals surface area contributed by atoms with E-state index in [1.54, 1.807) is 13.8 Å². The Balaban J connectivity index is 0.00000196. The van der Waals surface area contributed by atoms with Crippen molar-refractivity contribution in [3.05, 3.63) is 29.8 Å². The van der Waals surface area contributed by atoms with E-state index in [1.807, 2.05) is 31.2 Å². The maximum Gasteiger partial charge on any atom is 0.243 e. The highest BCUT2D eigenvalue weighted by Crippen LogP contribution is 2.11. The number of nitrogens with one attached hydrogen (secondary N) is 1. The van der Waals surface area contributed by atoms with Crippen molar-refractivity contribution in [2.45, 2.75) is 26.3 Å². The number of hydrogen-bond donors (Lipinski definition) is 2. The number of hydrogen-bond acceptors (Lipinski definition) is 2. The number of nitrogens with two attached hydrogens (primary N) is 1. The molecule has 0 saturated carbocycles. The summed E-state index contributed by atoms with van der Waals surface area (Å²) in [4.78, 5) is 11.5. The van der Waals surface area contributed by atoms with Crippen LogP contribution in [0.2, 0.25) is 0 Å². The van der Waals surface area contributed by atoms with E-state index in [0.29, 0.717) is 0 Å². The Bertz CT molecular complexity index is 345. The minimum atomic E-state index is -0.844. The fraction of sp³-hybridized carbons (Fsp3) is 0.364. The molecule has 0 atom stereocenters. The molecule has 3 N–H and O–H groups in total. The summed E-state index contributed by atoms with van der Waals surface area (Å²) in [6.45, 7) is 5.33. The average molecular weight is 229 g/mol. The van der Waals surface area contributed by atoms with Gasteiger partial charge in [0.2, 0.25) is 5.91 Å². The minimum Gasteiger partial charge on any atom is -0.325 e. The van der Waals surface area contributed by atoms with Crippen molar-refractivity contribution in [3.8, 4) is 0 Å². The number of amides is 1. The molecule has 4 heteroatoms. The predicted octanol–water partition coefficient (Wildman–Crippen LogP) is 2.09. The van der Waals surface area contributed by atoms with Gasteiger partial charge in [0, 0.05) is 5.69 Å². The molecule has 0 aliphatic rings. The van der Waals surface area contributed by atoms with Crippen molar-refractivity contribution < 1.29 is 4.79 Å². The lowest BCUT2D eigenvalue weighted by Gasteiger charge is -2.17. The minimum absolute atomic E-state index is 0. The first-order valence-electron chi connectivity index (χ1n) is 4.56. The summed E-state index contributed by atoms with van der Waals surface area (Å²) in [6.07, 6.45) is 0. The number of halogens is 1. The Labute approximate surface area is 96.5 Å². The number of benzene rings is 1. The second kappa shape index (κ2) is 5.14. The van der Waals surface area contributed by atoms with Crippen molar-refractivity contribution in [1.29, 1.82) is 0 Å². The van der Waals surface area contributed by atoms with Crippen molar-refractivity contribution in [3.63, 3.8) is 0 Å². The third kappa shape index (κ3) is 4.32. The number of carbonyl (C=O) groups excluding carboxylic acids is 1. The monoisotopic (exact) mass is 228 g/mol. The molecule has 0 spiro atoms. The first kappa shape index (κ1) is 13.9. The van der Waals surface area contributed by atoms with Crippen LogP contribution in [-0.4, -0.2) is 11.4 Å². The van der Waals surface area contributed by atoms with Gasteiger partial charge >= 0.3 is 0 Å². The largest absolute Gasteiger partial charge is 0.325 e. The maximum atomic E-state index is 11.5. The molecular formula is C11H17ClN2O. The van der Waals surface area contributed by atoms with Gasteiger partial charge in [-0.1, -0.05) is 12.1 Å². The van der Waals surface area contributed by atoms with Gasteiger partial charge in [0.15, 0.2) is 0 Å². The standard InChI is InChI=1S/C11H16N2O.ClH/c1-8-5-4-6-9(7-8)13-10(14)11(2,3)12;/h4-7H,12H2,1-3H3,(H,13,14);1H. The lowest BCUT2D eigenvalue weighted by atomic mass is 10.1. The van der Waals surface area contributed by atoms with Crippen molar-refractivity contribution >= 4 is 24.0 Å². The number of rotatable bonds is 2. The summed E-state index contributed by atoms with van der Waals surface area (Å²) in [6, 6.07) is 7.62. The van der Waals surface area contributed by atoms with Crippen LogP contribution in [-0.2, 0) is 4.79 Å². The molecule has 84 valence electrons. The average Bonchev–Trinajstić information content (AvgIpc) is 2.02. The Morgan fingerprint density at radius 3 is 2.47 bits per heavy atom. The highest BCUT2D eigenvalue weighted by Gasteiger charge is 2.21. The molecule has 0 aliphatic carbocycles. The Kier molecular flexibility index (Phi) is 4.78. The second-order valence-electron chi connectivity index (χ2n) is 4.05. The van der Waals surface area contributed by atoms with Gasteiger partial charge in [0.05, 0.1) is 5.54 Å². The van der Waals surface area contributed by atoms with Crippen molar-refractivity contribution in [1.82, 2.24) is 0 Å². The third-order valence-electron chi connectivity index (χ3n) is 1.86. The molecule has 1 aromatic carbocycles. The molecule has 15 heavy (non-hydrogen) atoms. The van der Waals surface area contributed by atoms with E-state index in [4.69, 9.17) is 5.73 Å². The predicted molar refractivity (Wildman–Crippen MR) is 65.3 cm³/mol. The molecule has 0 heterocycles. The van der Waals surface area contributed by atoms with Gasteiger partial charge in [-0.2, -0.15) is 0 Å². The summed E-state index contributed by atoms with van der Waals surface area (Å²) in [5.74, 6) is -0.178. The molecule has 0 radical (unpaired) electrons. The Hall–Kier alpha value is -1.06. The highest BCUT2D eigenvalue weighted by atomic mass is 35.5. The van der Waals surface area contributed by atoms with Gasteiger partial charge in [-0.3, -0.25) is 4.79 Å². The Morgan fingerprint density at radius 1 is 1.40 bits per heavy atom. The molecule has 1 aromatic rings. The van der Waals surface area contributed by atoms with Crippen LogP contribution in [0.3, 0.4) is 0 Å². The van der Waals surface area contributed by atoms with E-state index in [2.05, 4.69) is 5.32 Å². The Morgan fingerprint density at radius 2 is 2.00 bits per heavy atom. The third-order valence-corrected chi connectivity index (χ3v) is 1.86. The van der Waals surface area contributed by atoms with Crippen molar-refractivity contribution in [2.75, 3.05) is 5.32 Å². The molecule has 0 unspecified atom stereocenters. The number of aryl methyl sites for hydroxylation is 1. The fourth-order valence-corrected chi connectivity index (χ4v) is 1.01. The number of anilines is 1. The van der Waals surface area contributed by atoms with E-state index in [1.165, 1.54) is 0 Å². The zero-order valence-corrected chi connectivity index (χ0v) is 10.0. The molecule has 0 bridgehead atoms. The van der Waals surface area contributed by atoms with Gasteiger partial charge < -0.3 is 11.1 Å². The summed E-state index contributed by atoms with van der Waals surface area (Å²) in [7, 11) is 0. The smallest absolute Gasteiger partial charge is 0.243 e. The van der Waals surface area contributed by atoms with Crippen LogP contribution < -0.4 is 11.1 Å². The normalized spacial score (nSPS) is 10.4. The van der Waals surface area contributed by atoms with Crippen LogP contribution in [0.1, 0.15) is 19.4 Å². The zero-order valence-electron chi connectivity index (χ0n) is 9.20. The SMILES string of the molecule is Cc1cccc(NC(=O)C(C)(C)N)c1.Cl. The topological polar surface area (TPSA) is 55.1 Å². The van der Waals surface area contributed by atoms with Gasteiger partial charge in [0.1, 0.15) is 0 Å². The van der Waals surface area contributed by atoms with E-state index >= 15 is 0 Å². The number of carbonyl (C=O) groups is 1. The van der Waals surface area contributed by atoms with Crippen LogP contribution in [0.5, 0.6) is 0 Å². The van der Waals surface area contributed by atoms with E-state index in [-0.39, 0.29) is 18.3 Å². The van der Waals surface area contributed by atoms with Crippen LogP contribution in [0, 0.1) is 6.92 Å². The molecule has 3 nitrogen and oxygen atoms in total. The van der Waals surface area contributed by atoms with Gasteiger partial charge in [-0.25, -0.2) is 0 Å². The maximum absolute atomic E-state index is 11.5. The zero-order chi connectivity index (χ0) is 10.8. The first-order valence-corrected chi connectivity index (χ1v) is 4.56. The highest BCUT2D eigenvalue weighted by molar-refractivity contribution is 5.97. The summed E-state index contributed by atoms with van der Waals surface area (Å²) < 4.78 is 0. The quantitative estimate of drug-likeness (QED) is 0.815. The molecule has 1 amide bonds. The summed E-state index contributed by atoms with van der Waals surface area (Å²) in [5, 5.41) is 2.76. The summed E-state index contributed by atoms with van der Waals surface area (Å²) >= 11 is 0. The molecule has 0 aromatic heterocycles. The first-order chi connectivity index (χ1) is 6.39. The molecule has 0 aliphatic heterocycles. The van der Waals surface area contributed by atoms with Gasteiger partial charge in [-0.15, -0.1) is 12.4 Å². The van der Waals surface area contributed by atoms with Crippen LogP contribution in [0.15, 0.2) is 24.3 Å². The van der Waals surface area contributed by atoms with Crippen molar-refractivity contribution in [2.24, 2.45) is 5.73 Å². The van der Waals surface area contributed by atoms with Gasteiger partial charge in [-0.05, 0) is 38.5 Å². The van der Waals surface area contributed by atoms with E-state index in [0.717, 1.165) is 11.3 Å². The molecule has 1 rings (SSSR count). The fourth-order valence-electron chi connectivity index (χ4n) is 1.01. The van der Waals surface area contributed by atoms with E-state index in [9.17, 15) is 4.79 Å². The van der Waals surface area contributed by atoms with E-state index < -0.39 is 5.54 Å². The van der Waals surface area contributed by atoms with Crippen LogP contribution in [0.25, 0.3) is 0 Å². The second-order valence-corrected chi connectivity index (χ2v) is 4.05. The molecule has 0 fully saturated rings.